The summed E-state index contributed by atoms with van der Waals surface area (Å²) in [6.07, 6.45) is 1.88. The fourth-order valence-electron chi connectivity index (χ4n) is 1.88. The topological polar surface area (TPSA) is 41.6 Å². The summed E-state index contributed by atoms with van der Waals surface area (Å²) in [5.41, 5.74) is -0.577. The zero-order valence-corrected chi connectivity index (χ0v) is 12.9. The Labute approximate surface area is 112 Å². The highest BCUT2D eigenvalue weighted by molar-refractivity contribution is 5.80. The van der Waals surface area contributed by atoms with Gasteiger partial charge in [0.25, 0.3) is 0 Å². The highest BCUT2D eigenvalue weighted by Crippen LogP contribution is 2.14. The third-order valence-electron chi connectivity index (χ3n) is 3.60. The summed E-state index contributed by atoms with van der Waals surface area (Å²) in [6.45, 7) is 12.2. The molecular weight excluding hydrogens is 228 g/mol. The molecule has 0 saturated heterocycles. The highest BCUT2D eigenvalue weighted by Gasteiger charge is 2.33. The van der Waals surface area contributed by atoms with Gasteiger partial charge in [-0.05, 0) is 47.2 Å². The fraction of sp³-hybridized carbons (Fsp3) is 0.929. The van der Waals surface area contributed by atoms with Crippen molar-refractivity contribution in [3.05, 3.63) is 0 Å². The second kappa shape index (κ2) is 8.48. The number of ether oxygens (including phenoxy) is 1. The van der Waals surface area contributed by atoms with Crippen LogP contribution in [0.5, 0.6) is 0 Å². The van der Waals surface area contributed by atoms with E-state index in [0.717, 1.165) is 25.9 Å². The zero-order chi connectivity index (χ0) is 14.2. The van der Waals surface area contributed by atoms with Gasteiger partial charge in [0.2, 0.25) is 0 Å². The van der Waals surface area contributed by atoms with E-state index in [1.54, 1.807) is 0 Å². The molecule has 1 N–H and O–H groups in total. The van der Waals surface area contributed by atoms with Crippen molar-refractivity contribution < 1.29 is 9.53 Å². The minimum atomic E-state index is -0.577. The molecule has 4 nitrogen and oxygen atoms in total. The minimum absolute atomic E-state index is 0.149. The van der Waals surface area contributed by atoms with Crippen LogP contribution in [0.1, 0.15) is 47.5 Å². The molecule has 108 valence electrons. The molecule has 0 aromatic carbocycles. The van der Waals surface area contributed by atoms with Crippen LogP contribution in [0.25, 0.3) is 0 Å². The molecule has 4 heteroatoms. The quantitative estimate of drug-likeness (QED) is 0.643. The van der Waals surface area contributed by atoms with Gasteiger partial charge in [-0.25, -0.2) is 0 Å². The Hall–Kier alpha value is -0.610. The van der Waals surface area contributed by atoms with Crippen molar-refractivity contribution in [2.75, 3.05) is 26.7 Å². The maximum atomic E-state index is 12.0. The molecule has 0 aromatic heterocycles. The average Bonchev–Trinajstić information content (AvgIpc) is 2.35. The lowest BCUT2D eigenvalue weighted by atomic mass is 9.97. The minimum Gasteiger partial charge on any atom is -0.465 e. The van der Waals surface area contributed by atoms with E-state index < -0.39 is 5.54 Å². The molecule has 0 amide bonds. The van der Waals surface area contributed by atoms with Crippen molar-refractivity contribution in [3.63, 3.8) is 0 Å². The van der Waals surface area contributed by atoms with E-state index in [1.807, 2.05) is 20.8 Å². The molecule has 2 atom stereocenters. The van der Waals surface area contributed by atoms with Crippen molar-refractivity contribution in [1.82, 2.24) is 10.2 Å². The van der Waals surface area contributed by atoms with Gasteiger partial charge in [0, 0.05) is 12.6 Å². The van der Waals surface area contributed by atoms with Crippen LogP contribution >= 0.6 is 0 Å². The van der Waals surface area contributed by atoms with Gasteiger partial charge >= 0.3 is 5.97 Å². The van der Waals surface area contributed by atoms with Crippen molar-refractivity contribution in [2.24, 2.45) is 0 Å². The van der Waals surface area contributed by atoms with E-state index in [9.17, 15) is 4.79 Å². The van der Waals surface area contributed by atoms with Crippen molar-refractivity contribution >= 4 is 5.97 Å². The second-order valence-electron chi connectivity index (χ2n) is 5.07. The number of nitrogens with one attached hydrogen (secondary N) is 1. The van der Waals surface area contributed by atoms with E-state index in [-0.39, 0.29) is 5.97 Å². The summed E-state index contributed by atoms with van der Waals surface area (Å²) in [4.78, 5) is 14.3. The van der Waals surface area contributed by atoms with Gasteiger partial charge in [0.1, 0.15) is 5.54 Å². The van der Waals surface area contributed by atoms with E-state index in [0.29, 0.717) is 12.6 Å². The van der Waals surface area contributed by atoms with Crippen LogP contribution in [-0.2, 0) is 9.53 Å². The number of nitrogens with zero attached hydrogens (tertiary/aromatic N) is 1. The molecule has 0 aliphatic carbocycles. The first-order valence-corrected chi connectivity index (χ1v) is 7.03. The van der Waals surface area contributed by atoms with E-state index >= 15 is 0 Å². The molecule has 0 saturated carbocycles. The Balaban J connectivity index is 4.47. The van der Waals surface area contributed by atoms with Crippen LogP contribution in [0.3, 0.4) is 0 Å². The van der Waals surface area contributed by atoms with Crippen LogP contribution in [0, 0.1) is 0 Å². The van der Waals surface area contributed by atoms with Crippen LogP contribution in [-0.4, -0.2) is 49.2 Å². The summed E-state index contributed by atoms with van der Waals surface area (Å²) in [6, 6.07) is 0.540. The van der Waals surface area contributed by atoms with E-state index in [1.165, 1.54) is 0 Å². The number of carbonyl (C=O) groups excluding carboxylic acids is 1. The number of rotatable bonds is 9. The van der Waals surface area contributed by atoms with Gasteiger partial charge in [-0.15, -0.1) is 0 Å². The molecule has 0 radical (unpaired) electrons. The van der Waals surface area contributed by atoms with Gasteiger partial charge in [0.15, 0.2) is 0 Å². The third kappa shape index (κ3) is 5.36. The molecule has 0 aliphatic heterocycles. The standard InChI is InChI=1S/C14H30N2O2/c1-7-12(4)16(6)11-10-14(5,15-8-2)13(17)18-9-3/h12,15H,7-11H2,1-6H3. The third-order valence-corrected chi connectivity index (χ3v) is 3.60. The first kappa shape index (κ1) is 17.4. The van der Waals surface area contributed by atoms with Gasteiger partial charge in [-0.3, -0.25) is 4.79 Å². The summed E-state index contributed by atoms with van der Waals surface area (Å²) in [5.74, 6) is -0.149. The molecule has 0 heterocycles. The van der Waals surface area contributed by atoms with Gasteiger partial charge in [0.05, 0.1) is 6.61 Å². The Morgan fingerprint density at radius 3 is 2.44 bits per heavy atom. The van der Waals surface area contributed by atoms with E-state index in [2.05, 4.69) is 31.1 Å². The lowest BCUT2D eigenvalue weighted by Gasteiger charge is -2.31. The molecule has 0 aliphatic rings. The molecule has 18 heavy (non-hydrogen) atoms. The number of carbonyl (C=O) groups is 1. The van der Waals surface area contributed by atoms with Crippen molar-refractivity contribution in [1.29, 1.82) is 0 Å². The maximum Gasteiger partial charge on any atom is 0.326 e. The summed E-state index contributed by atoms with van der Waals surface area (Å²) < 4.78 is 5.16. The monoisotopic (exact) mass is 258 g/mol. The van der Waals surface area contributed by atoms with Crippen molar-refractivity contribution in [2.45, 2.75) is 59.0 Å². The number of likely N-dealkylation sites (N-methyl/N-ethyl adjacent to an activating group) is 1. The molecule has 0 rings (SSSR count). The fourth-order valence-corrected chi connectivity index (χ4v) is 1.88. The number of hydrogen-bond donors (Lipinski definition) is 1. The first-order chi connectivity index (χ1) is 8.41. The lowest BCUT2D eigenvalue weighted by Crippen LogP contribution is -2.52. The van der Waals surface area contributed by atoms with Gasteiger partial charge in [-0.1, -0.05) is 13.8 Å². The van der Waals surface area contributed by atoms with Crippen LogP contribution < -0.4 is 5.32 Å². The maximum absolute atomic E-state index is 12.0. The summed E-state index contributed by atoms with van der Waals surface area (Å²) in [7, 11) is 2.10. The summed E-state index contributed by atoms with van der Waals surface area (Å²) in [5, 5.41) is 3.25. The SMILES string of the molecule is CCNC(C)(CCN(C)C(C)CC)C(=O)OCC. The first-order valence-electron chi connectivity index (χ1n) is 7.03. The predicted molar refractivity (Wildman–Crippen MR) is 75.7 cm³/mol. The van der Waals surface area contributed by atoms with Gasteiger partial charge < -0.3 is 15.0 Å². The Morgan fingerprint density at radius 1 is 1.39 bits per heavy atom. The van der Waals surface area contributed by atoms with Crippen LogP contribution in [0.2, 0.25) is 0 Å². The summed E-state index contributed by atoms with van der Waals surface area (Å²) >= 11 is 0. The smallest absolute Gasteiger partial charge is 0.326 e. The van der Waals surface area contributed by atoms with Crippen molar-refractivity contribution in [3.8, 4) is 0 Å². The Morgan fingerprint density at radius 2 is 2.00 bits per heavy atom. The van der Waals surface area contributed by atoms with Gasteiger partial charge in [-0.2, -0.15) is 0 Å². The lowest BCUT2D eigenvalue weighted by molar-refractivity contribution is -0.151. The number of esters is 1. The largest absolute Gasteiger partial charge is 0.465 e. The zero-order valence-electron chi connectivity index (χ0n) is 12.9. The molecule has 0 aromatic rings. The average molecular weight is 258 g/mol. The molecule has 2 unspecified atom stereocenters. The van der Waals surface area contributed by atoms with Crippen LogP contribution in [0.15, 0.2) is 0 Å². The molecule has 0 bridgehead atoms. The molecular formula is C14H30N2O2. The van der Waals surface area contributed by atoms with E-state index in [4.69, 9.17) is 4.74 Å². The number of hydrogen-bond acceptors (Lipinski definition) is 4. The Bertz CT molecular complexity index is 246. The molecule has 0 fully saturated rings. The normalized spacial score (nSPS) is 16.4. The second-order valence-corrected chi connectivity index (χ2v) is 5.07. The predicted octanol–water partition coefficient (Wildman–Crippen LogP) is 2.04. The molecule has 0 spiro atoms. The van der Waals surface area contributed by atoms with Crippen LogP contribution in [0.4, 0.5) is 0 Å². The Kier molecular flexibility index (Phi) is 8.20. The highest BCUT2D eigenvalue weighted by atomic mass is 16.5.